The van der Waals surface area contributed by atoms with Gasteiger partial charge in [-0.2, -0.15) is 0 Å². The highest BCUT2D eigenvalue weighted by atomic mass is 16.2. The summed E-state index contributed by atoms with van der Waals surface area (Å²) in [6, 6.07) is 12.4. The molecule has 2 rings (SSSR count). The van der Waals surface area contributed by atoms with E-state index in [2.05, 4.69) is 21.3 Å². The predicted molar refractivity (Wildman–Crippen MR) is 108 cm³/mol. The third kappa shape index (κ3) is 6.14. The van der Waals surface area contributed by atoms with Crippen molar-refractivity contribution in [1.29, 1.82) is 0 Å². The number of anilines is 4. The molecule has 0 saturated heterocycles. The van der Waals surface area contributed by atoms with Crippen molar-refractivity contribution in [3.8, 4) is 0 Å². The number of carbonyl (C=O) groups excluding carboxylic acids is 3. The minimum absolute atomic E-state index is 0.0778. The fourth-order valence-electron chi connectivity index (χ4n) is 2.40. The van der Waals surface area contributed by atoms with Crippen molar-refractivity contribution >= 4 is 40.5 Å². The molecule has 0 aliphatic heterocycles. The Labute approximate surface area is 158 Å². The van der Waals surface area contributed by atoms with Gasteiger partial charge in [0.05, 0.1) is 6.54 Å². The predicted octanol–water partition coefficient (Wildman–Crippen LogP) is 3.35. The molecular weight excluding hydrogens is 344 g/mol. The van der Waals surface area contributed by atoms with Gasteiger partial charge in [-0.25, -0.2) is 0 Å². The topological polar surface area (TPSA) is 99.3 Å². The molecule has 0 atom stereocenters. The van der Waals surface area contributed by atoms with Gasteiger partial charge in [-0.3, -0.25) is 14.4 Å². The van der Waals surface area contributed by atoms with E-state index in [9.17, 15) is 14.4 Å². The molecule has 2 aromatic carbocycles. The van der Waals surface area contributed by atoms with Crippen LogP contribution in [0.2, 0.25) is 0 Å². The number of carbonyl (C=O) groups is 3. The fraction of sp³-hybridized carbons (Fsp3) is 0.250. The molecule has 0 bridgehead atoms. The third-order valence-electron chi connectivity index (χ3n) is 3.86. The maximum atomic E-state index is 12.2. The largest absolute Gasteiger partial charge is 0.376 e. The number of amides is 3. The van der Waals surface area contributed by atoms with Crippen molar-refractivity contribution in [2.45, 2.75) is 27.2 Å². The van der Waals surface area contributed by atoms with Gasteiger partial charge in [0.1, 0.15) is 0 Å². The first-order chi connectivity index (χ1) is 12.9. The molecule has 4 N–H and O–H groups in total. The number of hydrogen-bond donors (Lipinski definition) is 4. The summed E-state index contributed by atoms with van der Waals surface area (Å²) in [4.78, 5) is 34.8. The van der Waals surface area contributed by atoms with Crippen LogP contribution in [0.15, 0.2) is 42.5 Å². The lowest BCUT2D eigenvalue weighted by Gasteiger charge is -2.14. The first-order valence-corrected chi connectivity index (χ1v) is 8.70. The van der Waals surface area contributed by atoms with Crippen molar-refractivity contribution in [2.24, 2.45) is 0 Å². The van der Waals surface area contributed by atoms with Crippen LogP contribution in [0, 0.1) is 6.92 Å². The summed E-state index contributed by atoms with van der Waals surface area (Å²) in [6.45, 7) is 5.16. The molecule has 27 heavy (non-hydrogen) atoms. The highest BCUT2D eigenvalue weighted by molar-refractivity contribution is 5.97. The molecule has 142 valence electrons. The van der Waals surface area contributed by atoms with E-state index in [1.54, 1.807) is 49.4 Å². The summed E-state index contributed by atoms with van der Waals surface area (Å²) in [5.41, 5.74) is 3.59. The Bertz CT molecular complexity index is 832. The second kappa shape index (κ2) is 9.38. The molecule has 0 radical (unpaired) electrons. The Hall–Kier alpha value is -3.35. The second-order valence-electron chi connectivity index (χ2n) is 6.04. The molecule has 0 spiro atoms. The summed E-state index contributed by atoms with van der Waals surface area (Å²) < 4.78 is 0. The van der Waals surface area contributed by atoms with Crippen LogP contribution in [-0.2, 0) is 14.4 Å². The Kier molecular flexibility index (Phi) is 6.93. The van der Waals surface area contributed by atoms with Crippen LogP contribution in [0.5, 0.6) is 0 Å². The van der Waals surface area contributed by atoms with E-state index in [0.717, 1.165) is 11.3 Å². The zero-order valence-electron chi connectivity index (χ0n) is 15.7. The lowest BCUT2D eigenvalue weighted by atomic mass is 10.1. The molecular formula is C20H24N4O3. The molecule has 0 unspecified atom stereocenters. The SMILES string of the molecule is CCC(=O)Nc1cccc(NC(=O)CNc2ccc(NC(C)=O)cc2)c1C. The van der Waals surface area contributed by atoms with Crippen molar-refractivity contribution in [3.63, 3.8) is 0 Å². The molecule has 0 aliphatic rings. The summed E-state index contributed by atoms with van der Waals surface area (Å²) >= 11 is 0. The molecule has 3 amide bonds. The second-order valence-corrected chi connectivity index (χ2v) is 6.04. The number of rotatable bonds is 7. The molecule has 0 saturated carbocycles. The first-order valence-electron chi connectivity index (χ1n) is 8.70. The molecule has 2 aromatic rings. The lowest BCUT2D eigenvalue weighted by molar-refractivity contribution is -0.116. The van der Waals surface area contributed by atoms with Crippen LogP contribution in [-0.4, -0.2) is 24.3 Å². The van der Waals surface area contributed by atoms with E-state index in [1.807, 2.05) is 6.92 Å². The van der Waals surface area contributed by atoms with Crippen LogP contribution in [0.4, 0.5) is 22.7 Å². The van der Waals surface area contributed by atoms with E-state index in [0.29, 0.717) is 23.5 Å². The minimum Gasteiger partial charge on any atom is -0.376 e. The van der Waals surface area contributed by atoms with Crippen molar-refractivity contribution < 1.29 is 14.4 Å². The van der Waals surface area contributed by atoms with E-state index in [4.69, 9.17) is 0 Å². The molecule has 0 aliphatic carbocycles. The number of nitrogens with one attached hydrogen (secondary N) is 4. The highest BCUT2D eigenvalue weighted by Gasteiger charge is 2.09. The van der Waals surface area contributed by atoms with Gasteiger partial charge >= 0.3 is 0 Å². The van der Waals surface area contributed by atoms with Crippen molar-refractivity contribution in [1.82, 2.24) is 0 Å². The van der Waals surface area contributed by atoms with Gasteiger partial charge in [-0.05, 0) is 48.9 Å². The smallest absolute Gasteiger partial charge is 0.243 e. The van der Waals surface area contributed by atoms with E-state index in [1.165, 1.54) is 6.92 Å². The molecule has 0 aromatic heterocycles. The molecule has 7 heteroatoms. The Morgan fingerprint density at radius 3 is 1.93 bits per heavy atom. The average molecular weight is 368 g/mol. The quantitative estimate of drug-likeness (QED) is 0.602. The highest BCUT2D eigenvalue weighted by Crippen LogP contribution is 2.23. The van der Waals surface area contributed by atoms with Crippen LogP contribution >= 0.6 is 0 Å². The summed E-state index contributed by atoms with van der Waals surface area (Å²) in [5.74, 6) is -0.420. The van der Waals surface area contributed by atoms with E-state index < -0.39 is 0 Å². The van der Waals surface area contributed by atoms with E-state index >= 15 is 0 Å². The van der Waals surface area contributed by atoms with Crippen LogP contribution in [0.1, 0.15) is 25.8 Å². The monoisotopic (exact) mass is 368 g/mol. The Balaban J connectivity index is 1.93. The average Bonchev–Trinajstić information content (AvgIpc) is 2.64. The molecule has 7 nitrogen and oxygen atoms in total. The van der Waals surface area contributed by atoms with E-state index in [-0.39, 0.29) is 24.3 Å². The maximum absolute atomic E-state index is 12.2. The number of benzene rings is 2. The summed E-state index contributed by atoms with van der Waals surface area (Å²) in [5, 5.41) is 11.4. The number of hydrogen-bond acceptors (Lipinski definition) is 4. The lowest BCUT2D eigenvalue weighted by Crippen LogP contribution is -2.22. The fourth-order valence-corrected chi connectivity index (χ4v) is 2.40. The Morgan fingerprint density at radius 1 is 0.815 bits per heavy atom. The van der Waals surface area contributed by atoms with Gasteiger partial charge in [0.2, 0.25) is 17.7 Å². The van der Waals surface area contributed by atoms with Crippen LogP contribution in [0.3, 0.4) is 0 Å². The van der Waals surface area contributed by atoms with Gasteiger partial charge in [0, 0.05) is 36.1 Å². The third-order valence-corrected chi connectivity index (χ3v) is 3.86. The minimum atomic E-state index is -0.206. The maximum Gasteiger partial charge on any atom is 0.243 e. The van der Waals surface area contributed by atoms with Gasteiger partial charge in [0.15, 0.2) is 0 Å². The van der Waals surface area contributed by atoms with Crippen molar-refractivity contribution in [2.75, 3.05) is 27.8 Å². The first kappa shape index (κ1) is 20.0. The summed E-state index contributed by atoms with van der Waals surface area (Å²) in [7, 11) is 0. The molecule has 0 heterocycles. The van der Waals surface area contributed by atoms with Crippen LogP contribution < -0.4 is 21.3 Å². The standard InChI is InChI=1S/C20H24N4O3/c1-4-19(26)23-17-6-5-7-18(13(17)2)24-20(27)12-21-15-8-10-16(11-9-15)22-14(3)25/h5-11,21H,4,12H2,1-3H3,(H,22,25)(H,23,26)(H,24,27). The normalized spacial score (nSPS) is 10.0. The van der Waals surface area contributed by atoms with Gasteiger partial charge in [0.25, 0.3) is 0 Å². The zero-order chi connectivity index (χ0) is 19.8. The Morgan fingerprint density at radius 2 is 1.37 bits per heavy atom. The van der Waals surface area contributed by atoms with Gasteiger partial charge in [-0.15, -0.1) is 0 Å². The van der Waals surface area contributed by atoms with Gasteiger partial charge < -0.3 is 21.3 Å². The molecule has 0 fully saturated rings. The van der Waals surface area contributed by atoms with Crippen molar-refractivity contribution in [3.05, 3.63) is 48.0 Å². The van der Waals surface area contributed by atoms with Crippen LogP contribution in [0.25, 0.3) is 0 Å². The zero-order valence-corrected chi connectivity index (χ0v) is 15.7. The summed E-state index contributed by atoms with van der Waals surface area (Å²) in [6.07, 6.45) is 0.390. The van der Waals surface area contributed by atoms with Gasteiger partial charge in [-0.1, -0.05) is 13.0 Å².